The number of likely N-dealkylation sites (tertiary alicyclic amines) is 2. The third kappa shape index (κ3) is 4.50. The second kappa shape index (κ2) is 9.20. The molecular weight excluding hydrogens is 395 g/mol. The Hall–Kier alpha value is -2.70. The van der Waals surface area contributed by atoms with Crippen LogP contribution >= 0.6 is 0 Å². The van der Waals surface area contributed by atoms with Crippen molar-refractivity contribution in [2.75, 3.05) is 13.1 Å². The number of H-pyrrole nitrogens is 1. The summed E-state index contributed by atoms with van der Waals surface area (Å²) in [7, 11) is 0. The molecule has 0 unspecified atom stereocenters. The first kappa shape index (κ1) is 21.5. The summed E-state index contributed by atoms with van der Waals surface area (Å²) in [5.41, 5.74) is 1.98. The van der Waals surface area contributed by atoms with Gasteiger partial charge in [-0.2, -0.15) is 5.10 Å². The van der Waals surface area contributed by atoms with Crippen LogP contribution in [0.15, 0.2) is 30.5 Å². The first-order valence-corrected chi connectivity index (χ1v) is 11.3. The summed E-state index contributed by atoms with van der Waals surface area (Å²) in [4.78, 5) is 29.8. The van der Waals surface area contributed by atoms with Gasteiger partial charge in [-0.05, 0) is 57.6 Å². The number of carbonyl (C=O) groups is 2. The van der Waals surface area contributed by atoms with E-state index in [0.29, 0.717) is 24.2 Å². The van der Waals surface area contributed by atoms with E-state index in [4.69, 9.17) is 0 Å². The predicted octanol–water partition coefficient (Wildman–Crippen LogP) is 3.90. The van der Waals surface area contributed by atoms with Gasteiger partial charge < -0.3 is 9.80 Å². The minimum Gasteiger partial charge on any atom is -0.342 e. The predicted molar refractivity (Wildman–Crippen MR) is 116 cm³/mol. The Morgan fingerprint density at radius 2 is 1.77 bits per heavy atom. The van der Waals surface area contributed by atoms with Gasteiger partial charge in [-0.15, -0.1) is 0 Å². The molecule has 0 radical (unpaired) electrons. The fraction of sp³-hybridized carbons (Fsp3) is 0.542. The van der Waals surface area contributed by atoms with Crippen LogP contribution in [-0.4, -0.2) is 57.0 Å². The standard InChI is InChI=1S/C24H31FN4O2/c1-16-6-5-7-17(2)29(16)24(31)20-15-26-27-23(20)18-10-12-28(13-11-18)22(30)14-19-8-3-4-9-21(19)25/h3-4,8-9,15-18H,5-7,10-14H2,1-2H3,(H,26,27)/t16-,17-/m0/s1. The van der Waals surface area contributed by atoms with Crippen LogP contribution in [-0.2, 0) is 11.2 Å². The number of hydrogen-bond donors (Lipinski definition) is 1. The lowest BCUT2D eigenvalue weighted by Crippen LogP contribution is -2.47. The topological polar surface area (TPSA) is 69.3 Å². The van der Waals surface area contributed by atoms with Crippen molar-refractivity contribution in [3.63, 3.8) is 0 Å². The Bertz CT molecular complexity index is 925. The van der Waals surface area contributed by atoms with Crippen molar-refractivity contribution in [2.45, 2.75) is 70.4 Å². The molecule has 2 aromatic rings. The molecule has 3 heterocycles. The summed E-state index contributed by atoms with van der Waals surface area (Å²) in [6.45, 7) is 5.43. The number of amides is 2. The van der Waals surface area contributed by atoms with E-state index in [1.165, 1.54) is 6.07 Å². The molecule has 0 spiro atoms. The van der Waals surface area contributed by atoms with Crippen molar-refractivity contribution >= 4 is 11.8 Å². The minimum absolute atomic E-state index is 0.0552. The average Bonchev–Trinajstić information content (AvgIpc) is 3.25. The lowest BCUT2D eigenvalue weighted by atomic mass is 9.90. The Kier molecular flexibility index (Phi) is 6.39. The Morgan fingerprint density at radius 1 is 1.10 bits per heavy atom. The van der Waals surface area contributed by atoms with Crippen molar-refractivity contribution < 1.29 is 14.0 Å². The van der Waals surface area contributed by atoms with Crippen LogP contribution in [0.2, 0.25) is 0 Å². The maximum Gasteiger partial charge on any atom is 0.257 e. The molecule has 1 N–H and O–H groups in total. The highest BCUT2D eigenvalue weighted by Crippen LogP contribution is 2.32. The molecule has 166 valence electrons. The molecule has 6 nitrogen and oxygen atoms in total. The van der Waals surface area contributed by atoms with Crippen LogP contribution in [0.1, 0.15) is 73.5 Å². The lowest BCUT2D eigenvalue weighted by molar-refractivity contribution is -0.131. The highest BCUT2D eigenvalue weighted by Gasteiger charge is 2.34. The van der Waals surface area contributed by atoms with Crippen molar-refractivity contribution in [3.8, 4) is 0 Å². The number of rotatable bonds is 4. The number of piperidine rings is 2. The molecule has 0 bridgehead atoms. The van der Waals surface area contributed by atoms with Gasteiger partial charge in [0.05, 0.1) is 23.9 Å². The number of nitrogens with one attached hydrogen (secondary N) is 1. The van der Waals surface area contributed by atoms with Crippen LogP contribution < -0.4 is 0 Å². The van der Waals surface area contributed by atoms with Gasteiger partial charge in [0.15, 0.2) is 0 Å². The number of aromatic nitrogens is 2. The molecule has 7 heteroatoms. The average molecular weight is 427 g/mol. The van der Waals surface area contributed by atoms with Gasteiger partial charge in [-0.1, -0.05) is 18.2 Å². The van der Waals surface area contributed by atoms with Gasteiger partial charge in [0.1, 0.15) is 5.82 Å². The van der Waals surface area contributed by atoms with E-state index in [1.807, 2.05) is 4.90 Å². The van der Waals surface area contributed by atoms with Crippen LogP contribution in [0.25, 0.3) is 0 Å². The fourth-order valence-corrected chi connectivity index (χ4v) is 5.07. The van der Waals surface area contributed by atoms with E-state index in [0.717, 1.165) is 37.8 Å². The zero-order valence-corrected chi connectivity index (χ0v) is 18.3. The molecule has 2 atom stereocenters. The van der Waals surface area contributed by atoms with Crippen LogP contribution in [0, 0.1) is 5.82 Å². The van der Waals surface area contributed by atoms with E-state index in [-0.39, 0.29) is 42.1 Å². The SMILES string of the molecule is C[C@H]1CCC[C@H](C)N1C(=O)c1cn[nH]c1C1CCN(C(=O)Cc2ccccc2F)CC1. The third-order valence-corrected chi connectivity index (χ3v) is 6.88. The van der Waals surface area contributed by atoms with E-state index >= 15 is 0 Å². The number of halogens is 1. The normalized spacial score (nSPS) is 22.5. The molecule has 0 aliphatic carbocycles. The van der Waals surface area contributed by atoms with Gasteiger partial charge in [0.2, 0.25) is 5.91 Å². The van der Waals surface area contributed by atoms with Crippen molar-refractivity contribution in [1.29, 1.82) is 0 Å². The van der Waals surface area contributed by atoms with Gasteiger partial charge >= 0.3 is 0 Å². The zero-order valence-electron chi connectivity index (χ0n) is 18.3. The Labute approximate surface area is 182 Å². The molecule has 2 amide bonds. The van der Waals surface area contributed by atoms with E-state index in [2.05, 4.69) is 24.0 Å². The summed E-state index contributed by atoms with van der Waals surface area (Å²) in [6.07, 6.45) is 6.48. The second-order valence-electron chi connectivity index (χ2n) is 8.96. The molecule has 2 aliphatic heterocycles. The lowest BCUT2D eigenvalue weighted by Gasteiger charge is -2.39. The summed E-state index contributed by atoms with van der Waals surface area (Å²) >= 11 is 0. The quantitative estimate of drug-likeness (QED) is 0.806. The minimum atomic E-state index is -0.340. The molecule has 2 fully saturated rings. The molecular formula is C24H31FN4O2. The summed E-state index contributed by atoms with van der Waals surface area (Å²) in [5.74, 6) is -0.177. The summed E-state index contributed by atoms with van der Waals surface area (Å²) in [6, 6.07) is 6.89. The van der Waals surface area contributed by atoms with Crippen molar-refractivity contribution in [2.24, 2.45) is 0 Å². The molecule has 2 aliphatic rings. The largest absolute Gasteiger partial charge is 0.342 e. The fourth-order valence-electron chi connectivity index (χ4n) is 5.07. The van der Waals surface area contributed by atoms with Crippen LogP contribution in [0.3, 0.4) is 0 Å². The van der Waals surface area contributed by atoms with E-state index in [1.54, 1.807) is 29.3 Å². The van der Waals surface area contributed by atoms with E-state index < -0.39 is 0 Å². The highest BCUT2D eigenvalue weighted by molar-refractivity contribution is 5.95. The Morgan fingerprint density at radius 3 is 2.45 bits per heavy atom. The molecule has 1 aromatic carbocycles. The van der Waals surface area contributed by atoms with Crippen LogP contribution in [0.4, 0.5) is 4.39 Å². The molecule has 2 saturated heterocycles. The molecule has 4 rings (SSSR count). The van der Waals surface area contributed by atoms with Crippen molar-refractivity contribution in [1.82, 2.24) is 20.0 Å². The highest BCUT2D eigenvalue weighted by atomic mass is 19.1. The molecule has 0 saturated carbocycles. The molecule has 31 heavy (non-hydrogen) atoms. The summed E-state index contributed by atoms with van der Waals surface area (Å²) < 4.78 is 13.9. The zero-order chi connectivity index (χ0) is 22.0. The van der Waals surface area contributed by atoms with Crippen LogP contribution in [0.5, 0.6) is 0 Å². The number of hydrogen-bond acceptors (Lipinski definition) is 3. The van der Waals surface area contributed by atoms with Gasteiger partial charge in [0, 0.05) is 31.1 Å². The maximum absolute atomic E-state index is 13.9. The number of aromatic amines is 1. The number of carbonyl (C=O) groups excluding carboxylic acids is 2. The van der Waals surface area contributed by atoms with Gasteiger partial charge in [-0.25, -0.2) is 4.39 Å². The third-order valence-electron chi connectivity index (χ3n) is 6.88. The van der Waals surface area contributed by atoms with E-state index in [9.17, 15) is 14.0 Å². The van der Waals surface area contributed by atoms with Gasteiger partial charge in [0.25, 0.3) is 5.91 Å². The monoisotopic (exact) mass is 426 g/mol. The maximum atomic E-state index is 13.9. The smallest absolute Gasteiger partial charge is 0.257 e. The second-order valence-corrected chi connectivity index (χ2v) is 8.96. The first-order valence-electron chi connectivity index (χ1n) is 11.3. The number of benzene rings is 1. The number of nitrogens with zero attached hydrogens (tertiary/aromatic N) is 3. The van der Waals surface area contributed by atoms with Crippen molar-refractivity contribution in [3.05, 3.63) is 53.1 Å². The first-order chi connectivity index (χ1) is 15.0. The van der Waals surface area contributed by atoms with Gasteiger partial charge in [-0.3, -0.25) is 14.7 Å². The molecule has 1 aromatic heterocycles. The Balaban J connectivity index is 1.40. The summed E-state index contributed by atoms with van der Waals surface area (Å²) in [5, 5.41) is 7.25.